The molecule has 1 aliphatic heterocycles. The molecule has 1 heterocycles. The van der Waals surface area contributed by atoms with E-state index in [1.807, 2.05) is 45.0 Å². The molecule has 29 heavy (non-hydrogen) atoms. The predicted octanol–water partition coefficient (Wildman–Crippen LogP) is 4.59. The highest BCUT2D eigenvalue weighted by molar-refractivity contribution is 5.90. The van der Waals surface area contributed by atoms with Gasteiger partial charge in [0.25, 0.3) is 0 Å². The average molecular weight is 403 g/mol. The number of hydrogen-bond acceptors (Lipinski definition) is 4. The largest absolute Gasteiger partial charge is 0.444 e. The molecule has 0 spiro atoms. The van der Waals surface area contributed by atoms with Crippen molar-refractivity contribution in [1.82, 2.24) is 4.90 Å². The van der Waals surface area contributed by atoms with Crippen molar-refractivity contribution in [3.05, 3.63) is 29.8 Å². The zero-order chi connectivity index (χ0) is 20.9. The summed E-state index contributed by atoms with van der Waals surface area (Å²) in [7, 11) is 0. The van der Waals surface area contributed by atoms with Gasteiger partial charge in [-0.3, -0.25) is 4.79 Å². The molecule has 2 aliphatic rings. The van der Waals surface area contributed by atoms with E-state index in [0.29, 0.717) is 32.0 Å². The predicted molar refractivity (Wildman–Crippen MR) is 113 cm³/mol. The summed E-state index contributed by atoms with van der Waals surface area (Å²) < 4.78 is 11.2. The molecular weight excluding hydrogens is 368 g/mol. The fourth-order valence-electron chi connectivity index (χ4n) is 3.49. The number of carbonyl (C=O) groups is 2. The SMILES string of the molecule is CC(C)(C)OC(=O)N1CCC(CCC(=O)Nc2cccc(COCC3CC3)c2)C1. The van der Waals surface area contributed by atoms with Crippen molar-refractivity contribution in [2.75, 3.05) is 25.0 Å². The van der Waals surface area contributed by atoms with Crippen LogP contribution in [0, 0.1) is 11.8 Å². The van der Waals surface area contributed by atoms with Crippen LogP contribution in [0.5, 0.6) is 0 Å². The molecule has 1 atom stereocenters. The van der Waals surface area contributed by atoms with Crippen LogP contribution in [0.1, 0.15) is 58.4 Å². The van der Waals surface area contributed by atoms with Crippen LogP contribution in [-0.2, 0) is 20.9 Å². The number of nitrogens with one attached hydrogen (secondary N) is 1. The molecule has 160 valence electrons. The van der Waals surface area contributed by atoms with Crippen molar-refractivity contribution in [3.63, 3.8) is 0 Å². The van der Waals surface area contributed by atoms with E-state index in [-0.39, 0.29) is 12.0 Å². The Morgan fingerprint density at radius 2 is 1.97 bits per heavy atom. The number of nitrogens with zero attached hydrogens (tertiary/aromatic N) is 1. The van der Waals surface area contributed by atoms with Gasteiger partial charge in [0, 0.05) is 31.8 Å². The molecular formula is C23H34N2O4. The molecule has 0 bridgehead atoms. The number of hydrogen-bond donors (Lipinski definition) is 1. The van der Waals surface area contributed by atoms with Gasteiger partial charge in [-0.2, -0.15) is 0 Å². The van der Waals surface area contributed by atoms with Crippen molar-refractivity contribution in [3.8, 4) is 0 Å². The number of rotatable bonds is 8. The van der Waals surface area contributed by atoms with Gasteiger partial charge >= 0.3 is 6.09 Å². The Kier molecular flexibility index (Phi) is 7.17. The first kappa shape index (κ1) is 21.6. The second kappa shape index (κ2) is 9.61. The molecule has 2 amide bonds. The summed E-state index contributed by atoms with van der Waals surface area (Å²) in [5.41, 5.74) is 1.41. The number of carbonyl (C=O) groups excluding carboxylic acids is 2. The van der Waals surface area contributed by atoms with Crippen LogP contribution in [0.3, 0.4) is 0 Å². The molecule has 1 aromatic rings. The van der Waals surface area contributed by atoms with Crippen LogP contribution in [0.4, 0.5) is 10.5 Å². The average Bonchev–Trinajstić information content (AvgIpc) is 3.33. The lowest BCUT2D eigenvalue weighted by Crippen LogP contribution is -2.35. The van der Waals surface area contributed by atoms with E-state index in [2.05, 4.69) is 5.32 Å². The third kappa shape index (κ3) is 7.69. The molecule has 2 fully saturated rings. The van der Waals surface area contributed by atoms with E-state index in [4.69, 9.17) is 9.47 Å². The molecule has 1 N–H and O–H groups in total. The fraction of sp³-hybridized carbons (Fsp3) is 0.652. The quantitative estimate of drug-likeness (QED) is 0.691. The first-order valence-electron chi connectivity index (χ1n) is 10.7. The topological polar surface area (TPSA) is 67.9 Å². The van der Waals surface area contributed by atoms with Crippen molar-refractivity contribution < 1.29 is 19.1 Å². The number of anilines is 1. The van der Waals surface area contributed by atoms with Crippen molar-refractivity contribution in [2.45, 2.75) is 65.1 Å². The molecule has 3 rings (SSSR count). The van der Waals surface area contributed by atoms with Crippen molar-refractivity contribution >= 4 is 17.7 Å². The summed E-state index contributed by atoms with van der Waals surface area (Å²) in [6, 6.07) is 7.85. The van der Waals surface area contributed by atoms with E-state index >= 15 is 0 Å². The zero-order valence-corrected chi connectivity index (χ0v) is 17.9. The Hall–Kier alpha value is -2.08. The Morgan fingerprint density at radius 3 is 2.69 bits per heavy atom. The first-order valence-corrected chi connectivity index (χ1v) is 10.7. The van der Waals surface area contributed by atoms with E-state index in [9.17, 15) is 9.59 Å². The molecule has 6 nitrogen and oxygen atoms in total. The van der Waals surface area contributed by atoms with E-state index in [1.165, 1.54) is 12.8 Å². The van der Waals surface area contributed by atoms with Gasteiger partial charge in [-0.15, -0.1) is 0 Å². The lowest BCUT2D eigenvalue weighted by atomic mass is 10.0. The van der Waals surface area contributed by atoms with Crippen molar-refractivity contribution in [2.24, 2.45) is 11.8 Å². The van der Waals surface area contributed by atoms with Crippen LogP contribution in [0.2, 0.25) is 0 Å². The highest BCUT2D eigenvalue weighted by atomic mass is 16.6. The summed E-state index contributed by atoms with van der Waals surface area (Å²) in [6.45, 7) is 8.40. The summed E-state index contributed by atoms with van der Waals surface area (Å²) in [5, 5.41) is 2.98. The number of amides is 2. The standard InChI is InChI=1S/C23H34N2O4/c1-23(2,3)29-22(27)25-12-11-17(14-25)9-10-21(26)24-20-6-4-5-19(13-20)16-28-15-18-7-8-18/h4-6,13,17-18H,7-12,14-16H2,1-3H3,(H,24,26). The normalized spacial score (nSPS) is 19.3. The summed E-state index contributed by atoms with van der Waals surface area (Å²) >= 11 is 0. The van der Waals surface area contributed by atoms with E-state index in [1.54, 1.807) is 4.90 Å². The van der Waals surface area contributed by atoms with Crippen LogP contribution in [0.15, 0.2) is 24.3 Å². The van der Waals surface area contributed by atoms with Gasteiger partial charge in [0.05, 0.1) is 6.61 Å². The monoisotopic (exact) mass is 402 g/mol. The molecule has 1 aromatic carbocycles. The van der Waals surface area contributed by atoms with Gasteiger partial charge in [0.2, 0.25) is 5.91 Å². The maximum absolute atomic E-state index is 12.3. The van der Waals surface area contributed by atoms with E-state index < -0.39 is 5.60 Å². The number of benzene rings is 1. The summed E-state index contributed by atoms with van der Waals surface area (Å²) in [4.78, 5) is 26.2. The van der Waals surface area contributed by atoms with Crippen molar-refractivity contribution in [1.29, 1.82) is 0 Å². The molecule has 0 aromatic heterocycles. The Balaban J connectivity index is 1.37. The third-order valence-electron chi connectivity index (χ3n) is 5.25. The number of ether oxygens (including phenoxy) is 2. The van der Waals surface area contributed by atoms with Crippen LogP contribution in [-0.4, -0.2) is 42.2 Å². The van der Waals surface area contributed by atoms with Gasteiger partial charge in [0.1, 0.15) is 5.60 Å². The van der Waals surface area contributed by atoms with Gasteiger partial charge in [-0.05, 0) is 76.0 Å². The highest BCUT2D eigenvalue weighted by Gasteiger charge is 2.29. The van der Waals surface area contributed by atoms with Gasteiger partial charge in [0.15, 0.2) is 0 Å². The molecule has 1 aliphatic carbocycles. The maximum atomic E-state index is 12.3. The third-order valence-corrected chi connectivity index (χ3v) is 5.25. The minimum atomic E-state index is -0.480. The van der Waals surface area contributed by atoms with Gasteiger partial charge in [-0.25, -0.2) is 4.79 Å². The second-order valence-corrected chi connectivity index (χ2v) is 9.33. The Labute approximate surface area is 173 Å². The molecule has 0 radical (unpaired) electrons. The minimum Gasteiger partial charge on any atom is -0.444 e. The zero-order valence-electron chi connectivity index (χ0n) is 17.9. The van der Waals surface area contributed by atoms with Crippen LogP contribution < -0.4 is 5.32 Å². The van der Waals surface area contributed by atoms with Crippen LogP contribution >= 0.6 is 0 Å². The van der Waals surface area contributed by atoms with Crippen LogP contribution in [0.25, 0.3) is 0 Å². The first-order chi connectivity index (χ1) is 13.8. The summed E-state index contributed by atoms with van der Waals surface area (Å²) in [6.07, 6.45) is 4.45. The summed E-state index contributed by atoms with van der Waals surface area (Å²) in [5.74, 6) is 1.10. The van der Waals surface area contributed by atoms with Gasteiger partial charge in [-0.1, -0.05) is 12.1 Å². The molecule has 6 heteroatoms. The number of likely N-dealkylation sites (tertiary alicyclic amines) is 1. The lowest BCUT2D eigenvalue weighted by Gasteiger charge is -2.24. The highest BCUT2D eigenvalue weighted by Crippen LogP contribution is 2.29. The Morgan fingerprint density at radius 1 is 1.17 bits per heavy atom. The maximum Gasteiger partial charge on any atom is 0.410 e. The molecule has 1 saturated heterocycles. The fourth-order valence-corrected chi connectivity index (χ4v) is 3.49. The van der Waals surface area contributed by atoms with E-state index in [0.717, 1.165) is 36.6 Å². The smallest absolute Gasteiger partial charge is 0.410 e. The Bertz CT molecular complexity index is 709. The van der Waals surface area contributed by atoms with Gasteiger partial charge < -0.3 is 19.7 Å². The second-order valence-electron chi connectivity index (χ2n) is 9.33. The molecule has 1 unspecified atom stereocenters. The molecule has 1 saturated carbocycles. The lowest BCUT2D eigenvalue weighted by molar-refractivity contribution is -0.116. The minimum absolute atomic E-state index is 0.0109.